The Labute approximate surface area is 183 Å². The Kier molecular flexibility index (Phi) is 4.06. The summed E-state index contributed by atoms with van der Waals surface area (Å²) in [5.41, 5.74) is 4.82. The van der Waals surface area contributed by atoms with Crippen molar-refractivity contribution in [1.82, 2.24) is 4.98 Å². The van der Waals surface area contributed by atoms with Crippen molar-refractivity contribution in [1.29, 1.82) is 5.26 Å². The number of hydrogen-bond acceptors (Lipinski definition) is 3. The summed E-state index contributed by atoms with van der Waals surface area (Å²) < 4.78 is 2.63. The van der Waals surface area contributed by atoms with E-state index in [1.807, 2.05) is 17.4 Å². The van der Waals surface area contributed by atoms with Crippen molar-refractivity contribution in [2.45, 2.75) is 0 Å². The van der Waals surface area contributed by atoms with Crippen LogP contribution in [0.1, 0.15) is 5.56 Å². The van der Waals surface area contributed by atoms with E-state index in [4.69, 9.17) is 5.26 Å². The standard InChI is InChI=1S/C28H16N2S/c29-17-18-13-14-30-25(15-18)21-7-5-19(6-8-21)22-9-11-24-27(16-22)31-26-12-10-20-3-1-2-4-23(20)28(24)26/h1-16H. The average Bonchev–Trinajstić information content (AvgIpc) is 3.22. The minimum absolute atomic E-state index is 0.622. The molecule has 0 aliphatic rings. The van der Waals surface area contributed by atoms with Gasteiger partial charge in [0.05, 0.1) is 17.3 Å². The number of thiophene rings is 1. The van der Waals surface area contributed by atoms with Crippen LogP contribution in [0.2, 0.25) is 0 Å². The van der Waals surface area contributed by atoms with Gasteiger partial charge in [0.1, 0.15) is 0 Å². The molecule has 0 spiro atoms. The van der Waals surface area contributed by atoms with E-state index in [9.17, 15) is 0 Å². The molecule has 144 valence electrons. The van der Waals surface area contributed by atoms with E-state index in [0.29, 0.717) is 5.56 Å². The molecule has 3 heteroatoms. The van der Waals surface area contributed by atoms with Gasteiger partial charge in [-0.25, -0.2) is 0 Å². The molecule has 2 aromatic heterocycles. The molecule has 0 atom stereocenters. The van der Waals surface area contributed by atoms with E-state index >= 15 is 0 Å². The Morgan fingerprint density at radius 3 is 2.35 bits per heavy atom. The predicted octanol–water partition coefficient (Wildman–Crippen LogP) is 7.81. The topological polar surface area (TPSA) is 36.7 Å². The van der Waals surface area contributed by atoms with Crippen LogP contribution in [0, 0.1) is 11.3 Å². The van der Waals surface area contributed by atoms with Gasteiger partial charge in [0.15, 0.2) is 0 Å². The second-order valence-corrected chi connectivity index (χ2v) is 8.68. The first-order chi connectivity index (χ1) is 15.3. The summed E-state index contributed by atoms with van der Waals surface area (Å²) in [7, 11) is 0. The first kappa shape index (κ1) is 17.8. The Hall–Kier alpha value is -4.00. The van der Waals surface area contributed by atoms with Gasteiger partial charge in [-0.2, -0.15) is 5.26 Å². The molecule has 0 unspecified atom stereocenters. The van der Waals surface area contributed by atoms with Gasteiger partial charge in [-0.15, -0.1) is 11.3 Å². The zero-order valence-electron chi connectivity index (χ0n) is 16.5. The van der Waals surface area contributed by atoms with Gasteiger partial charge in [0.2, 0.25) is 0 Å². The highest BCUT2D eigenvalue weighted by molar-refractivity contribution is 7.26. The summed E-state index contributed by atoms with van der Waals surface area (Å²) in [6.45, 7) is 0. The number of nitriles is 1. The molecule has 6 rings (SSSR count). The number of hydrogen-bond donors (Lipinski definition) is 0. The molecule has 2 heterocycles. The molecular weight excluding hydrogens is 396 g/mol. The quantitative estimate of drug-likeness (QED) is 0.291. The fraction of sp³-hybridized carbons (Fsp3) is 0. The monoisotopic (exact) mass is 412 g/mol. The van der Waals surface area contributed by atoms with Crippen LogP contribution in [0.15, 0.2) is 97.2 Å². The largest absolute Gasteiger partial charge is 0.256 e. The van der Waals surface area contributed by atoms with Crippen molar-refractivity contribution >= 4 is 42.3 Å². The van der Waals surface area contributed by atoms with Crippen molar-refractivity contribution in [2.75, 3.05) is 0 Å². The molecule has 4 aromatic carbocycles. The molecule has 6 aromatic rings. The summed E-state index contributed by atoms with van der Waals surface area (Å²) in [5, 5.41) is 14.4. The lowest BCUT2D eigenvalue weighted by Crippen LogP contribution is -1.85. The molecule has 0 aliphatic heterocycles. The maximum absolute atomic E-state index is 9.12. The van der Waals surface area contributed by atoms with Crippen molar-refractivity contribution in [3.8, 4) is 28.5 Å². The Morgan fingerprint density at radius 2 is 1.48 bits per heavy atom. The molecule has 0 saturated carbocycles. The zero-order valence-corrected chi connectivity index (χ0v) is 17.4. The van der Waals surface area contributed by atoms with E-state index < -0.39 is 0 Å². The number of rotatable bonds is 2. The molecule has 0 radical (unpaired) electrons. The third-order valence-corrected chi connectivity index (χ3v) is 6.88. The Bertz CT molecular complexity index is 1640. The van der Waals surface area contributed by atoms with Gasteiger partial charge < -0.3 is 0 Å². The second-order valence-electron chi connectivity index (χ2n) is 7.59. The van der Waals surface area contributed by atoms with Crippen molar-refractivity contribution < 1.29 is 0 Å². The molecule has 0 N–H and O–H groups in total. The third-order valence-electron chi connectivity index (χ3n) is 5.76. The maximum atomic E-state index is 9.12. The van der Waals surface area contributed by atoms with Gasteiger partial charge in [0.25, 0.3) is 0 Å². The van der Waals surface area contributed by atoms with Crippen LogP contribution in [0.5, 0.6) is 0 Å². The van der Waals surface area contributed by atoms with Crippen LogP contribution < -0.4 is 0 Å². The van der Waals surface area contributed by atoms with Crippen LogP contribution >= 0.6 is 11.3 Å². The van der Waals surface area contributed by atoms with E-state index in [2.05, 4.69) is 89.9 Å². The average molecular weight is 413 g/mol. The van der Waals surface area contributed by atoms with Crippen molar-refractivity contribution in [3.05, 3.63) is 103 Å². The highest BCUT2D eigenvalue weighted by atomic mass is 32.1. The Balaban J connectivity index is 1.44. The number of nitrogens with zero attached hydrogens (tertiary/aromatic N) is 2. The number of fused-ring (bicyclic) bond motifs is 5. The highest BCUT2D eigenvalue weighted by Crippen LogP contribution is 2.40. The van der Waals surface area contributed by atoms with Crippen molar-refractivity contribution in [3.63, 3.8) is 0 Å². The molecule has 0 amide bonds. The van der Waals surface area contributed by atoms with E-state index in [1.165, 1.54) is 42.1 Å². The summed E-state index contributed by atoms with van der Waals surface area (Å²) in [4.78, 5) is 4.40. The summed E-state index contributed by atoms with van der Waals surface area (Å²) in [6, 6.07) is 33.9. The van der Waals surface area contributed by atoms with Crippen LogP contribution in [-0.4, -0.2) is 4.98 Å². The lowest BCUT2D eigenvalue weighted by atomic mass is 9.99. The summed E-state index contributed by atoms with van der Waals surface area (Å²) in [6.07, 6.45) is 1.68. The lowest BCUT2D eigenvalue weighted by molar-refractivity contribution is 1.31. The van der Waals surface area contributed by atoms with Gasteiger partial charge in [0, 0.05) is 31.9 Å². The smallest absolute Gasteiger partial charge is 0.0992 e. The Morgan fingerprint density at radius 1 is 0.677 bits per heavy atom. The number of benzene rings is 4. The van der Waals surface area contributed by atoms with Crippen LogP contribution in [0.3, 0.4) is 0 Å². The van der Waals surface area contributed by atoms with Gasteiger partial charge >= 0.3 is 0 Å². The van der Waals surface area contributed by atoms with Gasteiger partial charge in [-0.3, -0.25) is 4.98 Å². The molecule has 31 heavy (non-hydrogen) atoms. The third kappa shape index (κ3) is 2.97. The minimum Gasteiger partial charge on any atom is -0.256 e. The molecule has 0 aliphatic carbocycles. The molecule has 0 bridgehead atoms. The second kappa shape index (κ2) is 7.05. The maximum Gasteiger partial charge on any atom is 0.0992 e. The van der Waals surface area contributed by atoms with Gasteiger partial charge in [-0.05, 0) is 46.2 Å². The van der Waals surface area contributed by atoms with E-state index in [0.717, 1.165) is 11.3 Å². The minimum atomic E-state index is 0.622. The summed E-state index contributed by atoms with van der Waals surface area (Å²) >= 11 is 1.85. The summed E-state index contributed by atoms with van der Waals surface area (Å²) in [5.74, 6) is 0. The fourth-order valence-corrected chi connectivity index (χ4v) is 5.38. The molecular formula is C28H16N2S. The number of aromatic nitrogens is 1. The first-order valence-electron chi connectivity index (χ1n) is 10.1. The molecule has 2 nitrogen and oxygen atoms in total. The molecule has 0 fully saturated rings. The number of pyridine rings is 1. The van der Waals surface area contributed by atoms with Gasteiger partial charge in [-0.1, -0.05) is 66.7 Å². The van der Waals surface area contributed by atoms with Crippen LogP contribution in [0.25, 0.3) is 53.3 Å². The SMILES string of the molecule is N#Cc1ccnc(-c2ccc(-c3ccc4c(c3)sc3ccc5ccccc5c34)cc2)c1. The predicted molar refractivity (Wildman–Crippen MR) is 130 cm³/mol. The van der Waals surface area contributed by atoms with E-state index in [1.54, 1.807) is 12.3 Å². The van der Waals surface area contributed by atoms with E-state index in [-0.39, 0.29) is 0 Å². The lowest BCUT2D eigenvalue weighted by Gasteiger charge is -2.05. The highest BCUT2D eigenvalue weighted by Gasteiger charge is 2.10. The van der Waals surface area contributed by atoms with Crippen LogP contribution in [-0.2, 0) is 0 Å². The van der Waals surface area contributed by atoms with Crippen LogP contribution in [0.4, 0.5) is 0 Å². The zero-order chi connectivity index (χ0) is 20.8. The normalized spacial score (nSPS) is 11.2. The van der Waals surface area contributed by atoms with Crippen molar-refractivity contribution in [2.24, 2.45) is 0 Å². The molecule has 0 saturated heterocycles. The first-order valence-corrected chi connectivity index (χ1v) is 10.9. The fourth-order valence-electron chi connectivity index (χ4n) is 4.22.